The van der Waals surface area contributed by atoms with E-state index >= 15 is 0 Å². The summed E-state index contributed by atoms with van der Waals surface area (Å²) < 4.78 is 58.4. The smallest absolute Gasteiger partial charge is 0.416 e. The van der Waals surface area contributed by atoms with Crippen molar-refractivity contribution >= 4 is 17.6 Å². The summed E-state index contributed by atoms with van der Waals surface area (Å²) in [4.78, 5) is 11.7. The first-order valence-corrected chi connectivity index (χ1v) is 12.1. The molecule has 8 heteroatoms. The van der Waals surface area contributed by atoms with E-state index in [4.69, 9.17) is 25.8 Å². The molecule has 2 atom stereocenters. The number of hydrogen-bond donors (Lipinski definition) is 0. The van der Waals surface area contributed by atoms with E-state index in [9.17, 15) is 18.0 Å². The number of carbonyl (C=O) groups excluding carboxylic acids is 1. The fourth-order valence-electron chi connectivity index (χ4n) is 5.08. The Bertz CT molecular complexity index is 1290. The van der Waals surface area contributed by atoms with E-state index in [-0.39, 0.29) is 36.4 Å². The SMILES string of the molecule is COC(=O)CC1COc2cc(O[C@@H]3CCc4c3ccc(C(F)(F)F)c4Cc3ccc(Cl)cc3)ccc21. The van der Waals surface area contributed by atoms with E-state index < -0.39 is 11.7 Å². The van der Waals surface area contributed by atoms with Crippen LogP contribution in [0.15, 0.2) is 54.6 Å². The molecule has 1 aliphatic carbocycles. The first-order valence-electron chi connectivity index (χ1n) is 11.7. The van der Waals surface area contributed by atoms with Gasteiger partial charge in [0.05, 0.1) is 25.7 Å². The Morgan fingerprint density at radius 3 is 2.56 bits per heavy atom. The average Bonchev–Trinajstić information content (AvgIpc) is 3.44. The third-order valence-corrected chi connectivity index (χ3v) is 7.11. The van der Waals surface area contributed by atoms with Gasteiger partial charge in [0.15, 0.2) is 0 Å². The molecule has 0 N–H and O–H groups in total. The minimum absolute atomic E-state index is 0.0788. The molecule has 3 aromatic carbocycles. The molecule has 188 valence electrons. The van der Waals surface area contributed by atoms with Gasteiger partial charge >= 0.3 is 12.1 Å². The predicted octanol–water partition coefficient (Wildman–Crippen LogP) is 7.06. The van der Waals surface area contributed by atoms with Crippen LogP contribution in [0.4, 0.5) is 13.2 Å². The first kappa shape index (κ1) is 24.5. The number of benzene rings is 3. The van der Waals surface area contributed by atoms with Crippen molar-refractivity contribution in [2.24, 2.45) is 0 Å². The summed E-state index contributed by atoms with van der Waals surface area (Å²) in [5.41, 5.74) is 2.83. The number of fused-ring (bicyclic) bond motifs is 2. The Balaban J connectivity index is 1.41. The molecule has 1 heterocycles. The highest BCUT2D eigenvalue weighted by Crippen LogP contribution is 2.44. The molecule has 1 aliphatic heterocycles. The van der Waals surface area contributed by atoms with Gasteiger partial charge in [-0.1, -0.05) is 35.9 Å². The minimum atomic E-state index is -4.45. The van der Waals surface area contributed by atoms with Gasteiger partial charge in [0.2, 0.25) is 0 Å². The average molecular weight is 517 g/mol. The van der Waals surface area contributed by atoms with Crippen molar-refractivity contribution in [3.05, 3.63) is 93.0 Å². The van der Waals surface area contributed by atoms with Crippen LogP contribution in [0.5, 0.6) is 11.5 Å². The van der Waals surface area contributed by atoms with Gasteiger partial charge in [0, 0.05) is 22.6 Å². The van der Waals surface area contributed by atoms with Crippen LogP contribution >= 0.6 is 11.6 Å². The Morgan fingerprint density at radius 1 is 1.08 bits per heavy atom. The zero-order valence-corrected chi connectivity index (χ0v) is 20.3. The standard InChI is InChI=1S/C28H24ClF3O4/c1-34-27(33)13-17-15-35-26-14-19(6-7-20(17)26)36-25-11-9-21-22(25)8-10-24(28(30,31)32)23(21)12-16-2-4-18(29)5-3-16/h2-8,10,14,17,25H,9,11-13,15H2,1H3/t17?,25-/m1/s1. The lowest BCUT2D eigenvalue weighted by atomic mass is 9.92. The molecule has 0 saturated heterocycles. The predicted molar refractivity (Wildman–Crippen MR) is 129 cm³/mol. The maximum Gasteiger partial charge on any atom is 0.416 e. The zero-order valence-electron chi connectivity index (χ0n) is 19.5. The Hall–Kier alpha value is -3.19. The molecule has 2 aliphatic rings. The van der Waals surface area contributed by atoms with Gasteiger partial charge in [0.25, 0.3) is 0 Å². The van der Waals surface area contributed by atoms with Gasteiger partial charge < -0.3 is 14.2 Å². The van der Waals surface area contributed by atoms with Crippen LogP contribution in [0.3, 0.4) is 0 Å². The highest BCUT2D eigenvalue weighted by Gasteiger charge is 2.37. The third kappa shape index (κ3) is 4.89. The summed E-state index contributed by atoms with van der Waals surface area (Å²) in [5, 5.41) is 0.538. The van der Waals surface area contributed by atoms with Gasteiger partial charge in [-0.3, -0.25) is 4.79 Å². The van der Waals surface area contributed by atoms with Crippen molar-refractivity contribution in [2.75, 3.05) is 13.7 Å². The maximum absolute atomic E-state index is 13.9. The number of alkyl halides is 3. The molecule has 1 unspecified atom stereocenters. The fraction of sp³-hybridized carbons (Fsp3) is 0.321. The van der Waals surface area contributed by atoms with Crippen molar-refractivity contribution < 1.29 is 32.2 Å². The van der Waals surface area contributed by atoms with Gasteiger partial charge in [-0.15, -0.1) is 0 Å². The summed E-state index contributed by atoms with van der Waals surface area (Å²) in [5.74, 6) is 0.844. The molecule has 0 spiro atoms. The highest BCUT2D eigenvalue weighted by molar-refractivity contribution is 6.30. The second kappa shape index (κ2) is 9.69. The van der Waals surface area contributed by atoms with Crippen molar-refractivity contribution in [3.63, 3.8) is 0 Å². The molecule has 36 heavy (non-hydrogen) atoms. The molecule has 0 saturated carbocycles. The summed E-state index contributed by atoms with van der Waals surface area (Å²) in [6.07, 6.45) is -3.35. The molecular formula is C28H24ClF3O4. The molecule has 3 aromatic rings. The van der Waals surface area contributed by atoms with Crippen LogP contribution in [0.2, 0.25) is 5.02 Å². The Kier molecular flexibility index (Phi) is 6.60. The quantitative estimate of drug-likeness (QED) is 0.329. The minimum Gasteiger partial charge on any atom is -0.492 e. The second-order valence-electron chi connectivity index (χ2n) is 9.09. The van der Waals surface area contributed by atoms with E-state index in [1.807, 2.05) is 12.1 Å². The third-order valence-electron chi connectivity index (χ3n) is 6.85. The van der Waals surface area contributed by atoms with Gasteiger partial charge in [-0.25, -0.2) is 0 Å². The fourth-order valence-corrected chi connectivity index (χ4v) is 5.21. The van der Waals surface area contributed by atoms with E-state index in [1.54, 1.807) is 30.3 Å². The van der Waals surface area contributed by atoms with Crippen LogP contribution in [-0.4, -0.2) is 19.7 Å². The topological polar surface area (TPSA) is 44.8 Å². The first-order chi connectivity index (χ1) is 17.2. The lowest BCUT2D eigenvalue weighted by molar-refractivity contribution is -0.141. The summed E-state index contributed by atoms with van der Waals surface area (Å²) >= 11 is 5.95. The van der Waals surface area contributed by atoms with Gasteiger partial charge in [0.1, 0.15) is 17.6 Å². The zero-order chi connectivity index (χ0) is 25.4. The largest absolute Gasteiger partial charge is 0.492 e. The van der Waals surface area contributed by atoms with E-state index in [2.05, 4.69) is 0 Å². The Morgan fingerprint density at radius 2 is 1.83 bits per heavy atom. The van der Waals surface area contributed by atoms with Crippen LogP contribution < -0.4 is 9.47 Å². The molecule has 0 radical (unpaired) electrons. The van der Waals surface area contributed by atoms with Crippen LogP contribution in [0, 0.1) is 0 Å². The second-order valence-corrected chi connectivity index (χ2v) is 9.53. The molecule has 0 bridgehead atoms. The van der Waals surface area contributed by atoms with Crippen molar-refractivity contribution in [1.82, 2.24) is 0 Å². The number of ether oxygens (including phenoxy) is 3. The van der Waals surface area contributed by atoms with Crippen molar-refractivity contribution in [1.29, 1.82) is 0 Å². The lowest BCUT2D eigenvalue weighted by Crippen LogP contribution is -2.13. The normalized spacial score (nSPS) is 18.4. The molecule has 0 aromatic heterocycles. The lowest BCUT2D eigenvalue weighted by Gasteiger charge is -2.20. The number of hydrogen-bond acceptors (Lipinski definition) is 4. The molecule has 4 nitrogen and oxygen atoms in total. The Labute approximate surface area is 211 Å². The van der Waals surface area contributed by atoms with Crippen molar-refractivity contribution in [3.8, 4) is 11.5 Å². The molecule has 0 amide bonds. The van der Waals surface area contributed by atoms with Crippen LogP contribution in [-0.2, 0) is 28.5 Å². The van der Waals surface area contributed by atoms with Gasteiger partial charge in [-0.2, -0.15) is 13.2 Å². The summed E-state index contributed by atoms with van der Waals surface area (Å²) in [6.45, 7) is 0.383. The molecule has 5 rings (SSSR count). The number of esters is 1. The maximum atomic E-state index is 13.9. The number of methoxy groups -OCH3 is 1. The number of carbonyl (C=O) groups is 1. The monoisotopic (exact) mass is 516 g/mol. The van der Waals surface area contributed by atoms with Crippen molar-refractivity contribution in [2.45, 2.75) is 43.9 Å². The van der Waals surface area contributed by atoms with E-state index in [0.29, 0.717) is 41.5 Å². The van der Waals surface area contributed by atoms with E-state index in [0.717, 1.165) is 22.8 Å². The number of halogens is 4. The summed E-state index contributed by atoms with van der Waals surface area (Å²) in [6, 6.07) is 15.0. The summed E-state index contributed by atoms with van der Waals surface area (Å²) in [7, 11) is 1.36. The molecule has 0 fully saturated rings. The van der Waals surface area contributed by atoms with Crippen LogP contribution in [0.25, 0.3) is 0 Å². The number of rotatable bonds is 6. The molecular weight excluding hydrogens is 493 g/mol. The highest BCUT2D eigenvalue weighted by atomic mass is 35.5. The van der Waals surface area contributed by atoms with E-state index in [1.165, 1.54) is 13.2 Å². The van der Waals surface area contributed by atoms with Crippen LogP contribution in [0.1, 0.15) is 58.2 Å². The van der Waals surface area contributed by atoms with Gasteiger partial charge in [-0.05, 0) is 65.8 Å².